The van der Waals surface area contributed by atoms with Crippen LogP contribution in [0.25, 0.3) is 0 Å². The van der Waals surface area contributed by atoms with Crippen LogP contribution < -0.4 is 10.6 Å². The molecule has 27 heavy (non-hydrogen) atoms. The number of aromatic nitrogens is 1. The first kappa shape index (κ1) is 18.6. The summed E-state index contributed by atoms with van der Waals surface area (Å²) in [5.74, 6) is -0.309. The van der Waals surface area contributed by atoms with Crippen molar-refractivity contribution in [1.29, 1.82) is 0 Å². The number of ketones is 1. The quantitative estimate of drug-likeness (QED) is 0.594. The first-order valence-electron chi connectivity index (χ1n) is 8.33. The van der Waals surface area contributed by atoms with Crippen LogP contribution in [0.15, 0.2) is 60.9 Å². The number of carbonyl (C=O) groups is 2. The van der Waals surface area contributed by atoms with Crippen molar-refractivity contribution in [2.24, 2.45) is 0 Å². The van der Waals surface area contributed by atoms with E-state index in [4.69, 9.17) is 11.6 Å². The molecule has 0 fully saturated rings. The molecule has 0 aliphatic heterocycles. The van der Waals surface area contributed by atoms with Crippen molar-refractivity contribution in [3.05, 3.63) is 82.6 Å². The summed E-state index contributed by atoms with van der Waals surface area (Å²) in [7, 11) is 0. The van der Waals surface area contributed by atoms with Gasteiger partial charge in [0.2, 0.25) is 0 Å². The van der Waals surface area contributed by atoms with Crippen molar-refractivity contribution in [2.75, 3.05) is 10.6 Å². The molecule has 136 valence electrons. The average molecular weight is 380 g/mol. The van der Waals surface area contributed by atoms with Crippen molar-refractivity contribution in [1.82, 2.24) is 4.98 Å². The van der Waals surface area contributed by atoms with E-state index in [1.54, 1.807) is 36.5 Å². The maximum atomic E-state index is 12.5. The zero-order valence-electron chi connectivity index (χ0n) is 14.9. The number of halogens is 1. The number of hydrogen-bond acceptors (Lipinski definition) is 4. The highest BCUT2D eigenvalue weighted by Crippen LogP contribution is 2.26. The minimum atomic E-state index is -0.287. The summed E-state index contributed by atoms with van der Waals surface area (Å²) >= 11 is 6.14. The molecule has 6 heteroatoms. The summed E-state index contributed by atoms with van der Waals surface area (Å²) in [6, 6.07) is 14.0. The van der Waals surface area contributed by atoms with Gasteiger partial charge in [0, 0.05) is 28.2 Å². The van der Waals surface area contributed by atoms with Gasteiger partial charge in [0.05, 0.1) is 17.4 Å². The molecule has 1 heterocycles. The molecule has 3 aromatic rings. The van der Waals surface area contributed by atoms with Crippen LogP contribution in [-0.4, -0.2) is 16.7 Å². The molecule has 3 rings (SSSR count). The minimum Gasteiger partial charge on any atom is -0.354 e. The predicted molar refractivity (Wildman–Crippen MR) is 108 cm³/mol. The molecule has 0 aliphatic rings. The lowest BCUT2D eigenvalue weighted by molar-refractivity contribution is 0.101. The molecule has 0 unspecified atom stereocenters. The van der Waals surface area contributed by atoms with Gasteiger partial charge in [-0.15, -0.1) is 0 Å². The lowest BCUT2D eigenvalue weighted by Gasteiger charge is -2.11. The molecule has 2 aromatic carbocycles. The summed E-state index contributed by atoms with van der Waals surface area (Å²) < 4.78 is 0. The van der Waals surface area contributed by atoms with Gasteiger partial charge in [0.1, 0.15) is 0 Å². The van der Waals surface area contributed by atoms with Crippen molar-refractivity contribution in [2.45, 2.75) is 13.8 Å². The highest BCUT2D eigenvalue weighted by atomic mass is 35.5. The number of Topliss-reactive ketones (excluding diaryl/α,β-unsaturated/α-hetero) is 1. The van der Waals surface area contributed by atoms with Crippen molar-refractivity contribution >= 4 is 40.4 Å². The van der Waals surface area contributed by atoms with Crippen LogP contribution in [0.4, 0.5) is 17.1 Å². The van der Waals surface area contributed by atoms with Gasteiger partial charge in [-0.3, -0.25) is 14.6 Å². The predicted octanol–water partition coefficient (Wildman–Crippen LogP) is 5.24. The molecule has 1 amide bonds. The maximum Gasteiger partial charge on any atom is 0.257 e. The second-order valence-corrected chi connectivity index (χ2v) is 6.49. The van der Waals surface area contributed by atoms with Crippen molar-refractivity contribution < 1.29 is 9.59 Å². The summed E-state index contributed by atoms with van der Waals surface area (Å²) in [5, 5.41) is 6.69. The zero-order valence-corrected chi connectivity index (χ0v) is 15.7. The fraction of sp³-hybridized carbons (Fsp3) is 0.0952. The van der Waals surface area contributed by atoms with E-state index in [9.17, 15) is 9.59 Å². The van der Waals surface area contributed by atoms with Crippen LogP contribution >= 0.6 is 11.6 Å². The average Bonchev–Trinajstić information content (AvgIpc) is 2.66. The van der Waals surface area contributed by atoms with E-state index in [0.29, 0.717) is 27.5 Å². The standard InChI is InChI=1S/C21H18ClN3O2/c1-13-19(22)4-3-5-20(13)24-18-10-16(11-23-12-18)21(27)25-17-8-6-15(7-9-17)14(2)26/h3-12,24H,1-2H3,(H,25,27). The smallest absolute Gasteiger partial charge is 0.257 e. The van der Waals surface area contributed by atoms with Crippen LogP contribution in [0.5, 0.6) is 0 Å². The monoisotopic (exact) mass is 379 g/mol. The molecular weight excluding hydrogens is 362 g/mol. The van der Waals surface area contributed by atoms with Crippen molar-refractivity contribution in [3.63, 3.8) is 0 Å². The third-order valence-electron chi connectivity index (χ3n) is 4.10. The molecule has 0 radical (unpaired) electrons. The van der Waals surface area contributed by atoms with Gasteiger partial charge in [0.15, 0.2) is 5.78 Å². The van der Waals surface area contributed by atoms with E-state index in [0.717, 1.165) is 11.3 Å². The Kier molecular flexibility index (Phi) is 5.52. The fourth-order valence-corrected chi connectivity index (χ4v) is 2.70. The zero-order chi connectivity index (χ0) is 19.4. The van der Waals surface area contributed by atoms with Crippen LogP contribution in [0.2, 0.25) is 5.02 Å². The second kappa shape index (κ2) is 8.01. The van der Waals surface area contributed by atoms with E-state index in [2.05, 4.69) is 15.6 Å². The Morgan fingerprint density at radius 1 is 0.963 bits per heavy atom. The van der Waals surface area contributed by atoms with Crippen LogP contribution in [0.1, 0.15) is 33.2 Å². The highest BCUT2D eigenvalue weighted by Gasteiger charge is 2.09. The normalized spacial score (nSPS) is 10.3. The Bertz CT molecular complexity index is 1000. The maximum absolute atomic E-state index is 12.5. The third-order valence-corrected chi connectivity index (χ3v) is 4.51. The summed E-state index contributed by atoms with van der Waals surface area (Å²) in [6.07, 6.45) is 3.13. The minimum absolute atomic E-state index is 0.0211. The van der Waals surface area contributed by atoms with E-state index in [1.807, 2.05) is 25.1 Å². The number of benzene rings is 2. The van der Waals surface area contributed by atoms with Gasteiger partial charge < -0.3 is 10.6 Å². The fourth-order valence-electron chi connectivity index (χ4n) is 2.52. The largest absolute Gasteiger partial charge is 0.354 e. The molecule has 0 spiro atoms. The van der Waals surface area contributed by atoms with Crippen molar-refractivity contribution in [3.8, 4) is 0 Å². The van der Waals surface area contributed by atoms with Gasteiger partial charge in [0.25, 0.3) is 5.91 Å². The Labute approximate surface area is 162 Å². The molecule has 0 saturated carbocycles. The van der Waals surface area contributed by atoms with Crippen LogP contribution in [0.3, 0.4) is 0 Å². The van der Waals surface area contributed by atoms with E-state index in [-0.39, 0.29) is 11.7 Å². The number of amides is 1. The van der Waals surface area contributed by atoms with Gasteiger partial charge in [-0.05, 0) is 61.9 Å². The number of anilines is 3. The molecule has 2 N–H and O–H groups in total. The van der Waals surface area contributed by atoms with Gasteiger partial charge >= 0.3 is 0 Å². The molecule has 0 bridgehead atoms. The molecule has 5 nitrogen and oxygen atoms in total. The van der Waals surface area contributed by atoms with Gasteiger partial charge in [-0.1, -0.05) is 17.7 Å². The Hall–Kier alpha value is -3.18. The summed E-state index contributed by atoms with van der Waals surface area (Å²) in [4.78, 5) is 27.9. The Morgan fingerprint density at radius 3 is 2.41 bits per heavy atom. The van der Waals surface area contributed by atoms with Gasteiger partial charge in [-0.25, -0.2) is 0 Å². The first-order chi connectivity index (χ1) is 12.9. The highest BCUT2D eigenvalue weighted by molar-refractivity contribution is 6.31. The number of rotatable bonds is 5. The summed E-state index contributed by atoms with van der Waals surface area (Å²) in [5.41, 5.74) is 4.06. The Morgan fingerprint density at radius 2 is 1.70 bits per heavy atom. The second-order valence-electron chi connectivity index (χ2n) is 6.09. The molecular formula is C21H18ClN3O2. The topological polar surface area (TPSA) is 71.1 Å². The number of nitrogens with one attached hydrogen (secondary N) is 2. The number of nitrogens with zero attached hydrogens (tertiary/aromatic N) is 1. The molecule has 1 aromatic heterocycles. The molecule has 0 saturated heterocycles. The molecule has 0 aliphatic carbocycles. The van der Waals surface area contributed by atoms with E-state index < -0.39 is 0 Å². The number of pyridine rings is 1. The van der Waals surface area contributed by atoms with E-state index in [1.165, 1.54) is 13.1 Å². The van der Waals surface area contributed by atoms with E-state index >= 15 is 0 Å². The SMILES string of the molecule is CC(=O)c1ccc(NC(=O)c2cncc(Nc3cccc(Cl)c3C)c2)cc1. The lowest BCUT2D eigenvalue weighted by Crippen LogP contribution is -2.12. The number of hydrogen-bond donors (Lipinski definition) is 2. The lowest BCUT2D eigenvalue weighted by atomic mass is 10.1. The Balaban J connectivity index is 1.75. The summed E-state index contributed by atoms with van der Waals surface area (Å²) in [6.45, 7) is 3.42. The van der Waals surface area contributed by atoms with Crippen LogP contribution in [0, 0.1) is 6.92 Å². The first-order valence-corrected chi connectivity index (χ1v) is 8.71. The van der Waals surface area contributed by atoms with Gasteiger partial charge in [-0.2, -0.15) is 0 Å². The van der Waals surface area contributed by atoms with Crippen LogP contribution in [-0.2, 0) is 0 Å². The third kappa shape index (κ3) is 4.51. The number of carbonyl (C=O) groups excluding carboxylic acids is 2. The molecule has 0 atom stereocenters.